The number of benzene rings is 1. The van der Waals surface area contributed by atoms with Gasteiger partial charge in [-0.15, -0.1) is 0 Å². The molecule has 264 valence electrons. The Bertz CT molecular complexity index is 1460. The molecular weight excluding hydrogens is 620 g/mol. The van der Waals surface area contributed by atoms with Crippen molar-refractivity contribution in [3.63, 3.8) is 0 Å². The molecule has 0 aliphatic carbocycles. The van der Waals surface area contributed by atoms with E-state index in [1.54, 1.807) is 46.5 Å². The maximum Gasteiger partial charge on any atom is 0.241 e. The fraction of sp³-hybridized carbons (Fsp3) is 0.594. The number of hydrogen-bond donors (Lipinski definition) is 2. The van der Waals surface area contributed by atoms with E-state index in [0.717, 1.165) is 5.56 Å². The van der Waals surface area contributed by atoms with Crippen LogP contribution >= 0.6 is 0 Å². The Balaban J connectivity index is 1.96. The Morgan fingerprint density at radius 3 is 1.96 bits per heavy atom. The predicted molar refractivity (Wildman–Crippen MR) is 185 cm³/mol. The third-order valence-electron chi connectivity index (χ3n) is 8.14. The topological polar surface area (TPSA) is 168 Å². The van der Waals surface area contributed by atoms with Gasteiger partial charge in [0.15, 0.2) is 11.6 Å². The van der Waals surface area contributed by atoms with Gasteiger partial charge in [0.1, 0.15) is 17.3 Å². The van der Waals surface area contributed by atoms with Crippen LogP contribution in [-0.2, 0) is 30.3 Å². The summed E-state index contributed by atoms with van der Waals surface area (Å²) in [6, 6.07) is 7.48. The highest BCUT2D eigenvalue weighted by atomic mass is 16.5. The molecule has 1 amide bonds. The molecule has 0 spiro atoms. The zero-order valence-electron chi connectivity index (χ0n) is 29.0. The van der Waals surface area contributed by atoms with Gasteiger partial charge in [0.2, 0.25) is 17.8 Å². The van der Waals surface area contributed by atoms with E-state index in [1.807, 2.05) is 44.8 Å². The number of carbonyl (C=O) groups excluding carboxylic acids is 1. The van der Waals surface area contributed by atoms with Gasteiger partial charge in [0.05, 0.1) is 33.0 Å². The first-order valence-electron chi connectivity index (χ1n) is 16.0. The first-order valence-corrected chi connectivity index (χ1v) is 16.0. The molecule has 16 nitrogen and oxygen atoms in total. The van der Waals surface area contributed by atoms with Gasteiger partial charge in [-0.2, -0.15) is 9.97 Å². The number of hydrogen-bond acceptors (Lipinski definition) is 15. The van der Waals surface area contributed by atoms with Crippen molar-refractivity contribution in [1.29, 1.82) is 0 Å². The second-order valence-electron chi connectivity index (χ2n) is 11.6. The Labute approximate surface area is 282 Å². The molecule has 1 aromatic carbocycles. The van der Waals surface area contributed by atoms with Crippen molar-refractivity contribution in [2.45, 2.75) is 12.8 Å². The van der Waals surface area contributed by atoms with Crippen molar-refractivity contribution >= 4 is 40.5 Å². The first kappa shape index (κ1) is 36.9. The lowest BCUT2D eigenvalue weighted by molar-refractivity contribution is -0.129. The summed E-state index contributed by atoms with van der Waals surface area (Å²) < 4.78 is 21.7. The van der Waals surface area contributed by atoms with Crippen LogP contribution in [0.15, 0.2) is 24.3 Å². The molecule has 16 heteroatoms. The number of piperazine rings is 1. The number of aliphatic hydroxyl groups is 1. The predicted octanol–water partition coefficient (Wildman–Crippen LogP) is 0.483. The van der Waals surface area contributed by atoms with E-state index in [9.17, 15) is 9.90 Å². The van der Waals surface area contributed by atoms with Gasteiger partial charge in [-0.25, -0.2) is 9.97 Å². The number of carbonyl (C=O) groups is 1. The van der Waals surface area contributed by atoms with E-state index in [4.69, 9.17) is 44.6 Å². The number of ether oxygens (including phenoxy) is 4. The second kappa shape index (κ2) is 18.0. The normalized spacial score (nSPS) is 14.1. The van der Waals surface area contributed by atoms with Crippen LogP contribution in [0.5, 0.6) is 0 Å². The lowest BCUT2D eigenvalue weighted by Gasteiger charge is -2.34. The van der Waals surface area contributed by atoms with Crippen LogP contribution in [0.4, 0.5) is 23.5 Å². The summed E-state index contributed by atoms with van der Waals surface area (Å²) in [5.74, 6) is 2.00. The molecule has 1 aliphatic rings. The molecule has 3 heterocycles. The molecule has 1 saturated heterocycles. The van der Waals surface area contributed by atoms with E-state index < -0.39 is 6.23 Å². The highest BCUT2D eigenvalue weighted by molar-refractivity contribution is 5.96. The van der Waals surface area contributed by atoms with Crippen LogP contribution in [0, 0.1) is 0 Å². The maximum absolute atomic E-state index is 13.0. The zero-order valence-corrected chi connectivity index (χ0v) is 29.0. The lowest BCUT2D eigenvalue weighted by Crippen LogP contribution is -2.49. The zero-order chi connectivity index (χ0) is 34.6. The molecule has 1 fully saturated rings. The van der Waals surface area contributed by atoms with Crippen molar-refractivity contribution in [3.05, 3.63) is 35.4 Å². The Morgan fingerprint density at radius 2 is 1.42 bits per heavy atom. The average molecular weight is 671 g/mol. The smallest absolute Gasteiger partial charge is 0.241 e. The van der Waals surface area contributed by atoms with Gasteiger partial charge in [0.25, 0.3) is 0 Å². The summed E-state index contributed by atoms with van der Waals surface area (Å²) >= 11 is 0. The number of nitrogens with two attached hydrogens (primary N) is 1. The fourth-order valence-corrected chi connectivity index (χ4v) is 5.33. The second-order valence-corrected chi connectivity index (χ2v) is 11.6. The van der Waals surface area contributed by atoms with Crippen LogP contribution in [0.3, 0.4) is 0 Å². The van der Waals surface area contributed by atoms with Crippen molar-refractivity contribution < 1.29 is 28.8 Å². The monoisotopic (exact) mass is 670 g/mol. The van der Waals surface area contributed by atoms with Crippen LogP contribution < -0.4 is 25.3 Å². The molecule has 0 saturated carbocycles. The number of fused-ring (bicyclic) bond motifs is 1. The van der Waals surface area contributed by atoms with E-state index in [0.29, 0.717) is 112 Å². The number of rotatable bonds is 19. The summed E-state index contributed by atoms with van der Waals surface area (Å²) in [6.45, 7) is 5.58. The molecular formula is C32H50N10O6. The number of aliphatic hydroxyl groups excluding tert-OH is 1. The summed E-state index contributed by atoms with van der Waals surface area (Å²) in [5.41, 5.74) is 8.36. The van der Waals surface area contributed by atoms with Gasteiger partial charge < -0.3 is 54.3 Å². The molecule has 48 heavy (non-hydrogen) atoms. The Kier molecular flexibility index (Phi) is 13.8. The van der Waals surface area contributed by atoms with Gasteiger partial charge in [0, 0.05) is 88.3 Å². The maximum atomic E-state index is 13.0. The van der Waals surface area contributed by atoms with E-state index in [-0.39, 0.29) is 12.5 Å². The molecule has 1 aliphatic heterocycles. The lowest BCUT2D eigenvalue weighted by atomic mass is 10.1. The van der Waals surface area contributed by atoms with Crippen molar-refractivity contribution in [3.8, 4) is 0 Å². The summed E-state index contributed by atoms with van der Waals surface area (Å²) in [4.78, 5) is 43.0. The SMILES string of the molecule is COCCN(CCOC)c1nc(N2CCN(C)C(=O)C2)c2nc(N(CCOC)CCOC)nc(N(C)Cc3cccc(C(N)O)c3)c2n1. The number of methoxy groups -OCH3 is 4. The third-order valence-corrected chi connectivity index (χ3v) is 8.14. The van der Waals surface area contributed by atoms with Crippen LogP contribution in [-0.4, -0.2) is 151 Å². The molecule has 1 unspecified atom stereocenters. The minimum absolute atomic E-state index is 0.0133. The standard InChI is InChI=1S/C32H50N10O6/c1-38-10-11-42(22-25(38)43)30-27-26(34-32(37-30)41(14-18-47-5)15-19-48-6)29(36-31(35-27)40(12-16-45-3)13-17-46-4)39(2)21-23-8-7-9-24(20-23)28(33)44/h7-9,20,28,44H,10-19,21-22,33H2,1-6H3. The average Bonchev–Trinajstić information content (AvgIpc) is 3.08. The quantitative estimate of drug-likeness (QED) is 0.169. The number of nitrogens with zero attached hydrogens (tertiary/aromatic N) is 9. The Morgan fingerprint density at radius 1 is 0.854 bits per heavy atom. The van der Waals surface area contributed by atoms with E-state index in [2.05, 4.69) is 0 Å². The van der Waals surface area contributed by atoms with Crippen molar-refractivity contribution in [1.82, 2.24) is 24.8 Å². The number of anilines is 4. The minimum Gasteiger partial charge on any atom is -0.383 e. The molecule has 1 atom stereocenters. The van der Waals surface area contributed by atoms with E-state index in [1.165, 1.54) is 0 Å². The van der Waals surface area contributed by atoms with Gasteiger partial charge in [-0.1, -0.05) is 24.3 Å². The first-order chi connectivity index (χ1) is 23.2. The van der Waals surface area contributed by atoms with Crippen molar-refractivity contribution in [2.24, 2.45) is 5.73 Å². The van der Waals surface area contributed by atoms with E-state index >= 15 is 0 Å². The largest absolute Gasteiger partial charge is 0.383 e. The highest BCUT2D eigenvalue weighted by Crippen LogP contribution is 2.33. The molecule has 3 aromatic rings. The summed E-state index contributed by atoms with van der Waals surface area (Å²) in [7, 11) is 10.3. The molecule has 2 aromatic heterocycles. The summed E-state index contributed by atoms with van der Waals surface area (Å²) in [5, 5.41) is 10.0. The molecule has 4 rings (SSSR count). The van der Waals surface area contributed by atoms with Crippen LogP contribution in [0.25, 0.3) is 11.0 Å². The highest BCUT2D eigenvalue weighted by Gasteiger charge is 2.29. The van der Waals surface area contributed by atoms with Crippen LogP contribution in [0.2, 0.25) is 0 Å². The van der Waals surface area contributed by atoms with Gasteiger partial charge >= 0.3 is 0 Å². The number of amides is 1. The third kappa shape index (κ3) is 9.36. The van der Waals surface area contributed by atoms with Gasteiger partial charge in [-0.3, -0.25) is 4.79 Å². The molecule has 3 N–H and O–H groups in total. The van der Waals surface area contributed by atoms with Crippen LogP contribution in [0.1, 0.15) is 17.4 Å². The number of likely N-dealkylation sites (N-methyl/N-ethyl adjacent to an activating group) is 1. The Hall–Kier alpha value is -3.93. The van der Waals surface area contributed by atoms with Gasteiger partial charge in [-0.05, 0) is 11.1 Å². The minimum atomic E-state index is -1.09. The fourth-order valence-electron chi connectivity index (χ4n) is 5.33. The van der Waals surface area contributed by atoms with Crippen molar-refractivity contribution in [2.75, 3.05) is 134 Å². The summed E-state index contributed by atoms with van der Waals surface area (Å²) in [6.07, 6.45) is -1.09. The number of aromatic nitrogens is 4. The molecule has 0 bridgehead atoms. The molecule has 0 radical (unpaired) electrons.